The molecule has 2 N–H and O–H groups in total. The Hall–Kier alpha value is -3.18. The molecule has 2 saturated heterocycles. The molecule has 1 amide bonds. The smallest absolute Gasteiger partial charge is 0.406 e. The van der Waals surface area contributed by atoms with Crippen LogP contribution >= 0.6 is 0 Å². The van der Waals surface area contributed by atoms with Crippen molar-refractivity contribution in [3.8, 4) is 5.75 Å². The van der Waals surface area contributed by atoms with Gasteiger partial charge in [0.2, 0.25) is 0 Å². The number of likely N-dealkylation sites (tertiary alicyclic amines) is 1. The number of pyridine rings is 1. The molecular weight excluding hydrogens is 480 g/mol. The van der Waals surface area contributed by atoms with Crippen LogP contribution in [0.4, 0.5) is 17.6 Å². The summed E-state index contributed by atoms with van der Waals surface area (Å²) < 4.78 is 62.0. The van der Waals surface area contributed by atoms with E-state index in [-0.39, 0.29) is 41.1 Å². The lowest BCUT2D eigenvalue weighted by Gasteiger charge is -2.38. The number of hydrogen-bond acceptors (Lipinski definition) is 5. The number of aromatic amines is 1. The van der Waals surface area contributed by atoms with Crippen molar-refractivity contribution >= 4 is 16.9 Å². The highest BCUT2D eigenvalue weighted by molar-refractivity contribution is 5.94. The van der Waals surface area contributed by atoms with Crippen LogP contribution in [0.2, 0.25) is 0 Å². The largest absolute Gasteiger partial charge is 0.573 e. The van der Waals surface area contributed by atoms with Gasteiger partial charge in [-0.05, 0) is 56.0 Å². The van der Waals surface area contributed by atoms with Crippen molar-refractivity contribution in [3.05, 3.63) is 59.2 Å². The number of fused-ring (bicyclic) bond motifs is 1. The molecule has 0 spiro atoms. The predicted molar refractivity (Wildman–Crippen MR) is 123 cm³/mol. The number of nitrogens with zero attached hydrogens (tertiary/aromatic N) is 2. The fraction of sp³-hybridized carbons (Fsp3) is 0.440. The molecule has 5 rings (SSSR count). The van der Waals surface area contributed by atoms with Crippen LogP contribution in [-0.4, -0.2) is 59.4 Å². The number of carbonyl (C=O) groups excluding carboxylic acids is 1. The Morgan fingerprint density at radius 1 is 1.25 bits per heavy atom. The van der Waals surface area contributed by atoms with Crippen molar-refractivity contribution in [1.82, 2.24) is 20.2 Å². The Morgan fingerprint density at radius 3 is 2.69 bits per heavy atom. The minimum atomic E-state index is -4.80. The fourth-order valence-corrected chi connectivity index (χ4v) is 5.15. The predicted octanol–water partition coefficient (Wildman–Crippen LogP) is 4.67. The van der Waals surface area contributed by atoms with Crippen LogP contribution in [0.3, 0.4) is 0 Å². The van der Waals surface area contributed by atoms with Crippen molar-refractivity contribution in [1.29, 1.82) is 0 Å². The van der Waals surface area contributed by atoms with Crippen molar-refractivity contribution in [2.75, 3.05) is 26.2 Å². The Balaban J connectivity index is 1.32. The third-order valence-electron chi connectivity index (χ3n) is 6.83. The van der Waals surface area contributed by atoms with Gasteiger partial charge in [-0.25, -0.2) is 9.37 Å². The highest BCUT2D eigenvalue weighted by Gasteiger charge is 2.34. The second kappa shape index (κ2) is 9.70. The van der Waals surface area contributed by atoms with E-state index in [1.807, 2.05) is 13.0 Å². The second-order valence-electron chi connectivity index (χ2n) is 9.21. The first-order valence-electron chi connectivity index (χ1n) is 11.9. The normalized spacial score (nSPS) is 23.1. The van der Waals surface area contributed by atoms with E-state index in [9.17, 15) is 18.0 Å². The van der Waals surface area contributed by atoms with Gasteiger partial charge in [0.15, 0.2) is 0 Å². The molecule has 7 nitrogen and oxygen atoms in total. The van der Waals surface area contributed by atoms with Crippen LogP contribution in [-0.2, 0) is 4.74 Å². The summed E-state index contributed by atoms with van der Waals surface area (Å²) in [5.41, 5.74) is 2.29. The van der Waals surface area contributed by atoms with Gasteiger partial charge in [-0.2, -0.15) is 0 Å². The Morgan fingerprint density at radius 2 is 2.03 bits per heavy atom. The van der Waals surface area contributed by atoms with Gasteiger partial charge in [0.1, 0.15) is 23.3 Å². The first-order chi connectivity index (χ1) is 17.2. The van der Waals surface area contributed by atoms with Crippen molar-refractivity contribution < 1.29 is 31.8 Å². The summed E-state index contributed by atoms with van der Waals surface area (Å²) in [6.45, 7) is 4.32. The van der Waals surface area contributed by atoms with E-state index in [1.165, 1.54) is 18.3 Å². The van der Waals surface area contributed by atoms with E-state index in [1.54, 1.807) is 4.90 Å². The van der Waals surface area contributed by atoms with Gasteiger partial charge in [-0.1, -0.05) is 0 Å². The van der Waals surface area contributed by atoms with E-state index < -0.39 is 6.36 Å². The number of morpholine rings is 1. The minimum Gasteiger partial charge on any atom is -0.406 e. The maximum absolute atomic E-state index is 15.1. The number of ether oxygens (including phenoxy) is 2. The minimum absolute atomic E-state index is 0.119. The Kier molecular flexibility index (Phi) is 6.60. The van der Waals surface area contributed by atoms with Gasteiger partial charge in [-0.15, -0.1) is 13.2 Å². The molecule has 2 aromatic heterocycles. The molecule has 11 heteroatoms. The first kappa shape index (κ1) is 24.5. The Labute approximate surface area is 204 Å². The molecule has 0 radical (unpaired) electrons. The van der Waals surface area contributed by atoms with Gasteiger partial charge in [0.05, 0.1) is 12.8 Å². The molecule has 3 atom stereocenters. The topological polar surface area (TPSA) is 79.5 Å². The van der Waals surface area contributed by atoms with Crippen molar-refractivity contribution in [2.24, 2.45) is 0 Å². The number of halogens is 4. The lowest BCUT2D eigenvalue weighted by molar-refractivity contribution is -0.274. The number of nitrogens with one attached hydrogen (secondary N) is 2. The number of H-pyrrole nitrogens is 1. The zero-order valence-corrected chi connectivity index (χ0v) is 19.6. The fourth-order valence-electron chi connectivity index (χ4n) is 5.15. The molecule has 2 aliphatic rings. The van der Waals surface area contributed by atoms with Crippen LogP contribution in [0.25, 0.3) is 11.0 Å². The van der Waals surface area contributed by atoms with Gasteiger partial charge in [-0.3, -0.25) is 4.79 Å². The summed E-state index contributed by atoms with van der Waals surface area (Å²) in [7, 11) is 0. The molecule has 2 fully saturated rings. The SMILES string of the molecule is CC1CC(c2c(F)cnc3[nH]c(C4CNCCO4)cc23)CCN1C(=O)c1ccc(OC(F)(F)F)cc1. The van der Waals surface area contributed by atoms with Gasteiger partial charge < -0.3 is 24.7 Å². The summed E-state index contributed by atoms with van der Waals surface area (Å²) in [5.74, 6) is -1.17. The molecular formula is C25H26F4N4O3. The highest BCUT2D eigenvalue weighted by Crippen LogP contribution is 2.38. The molecule has 3 aromatic rings. The summed E-state index contributed by atoms with van der Waals surface area (Å²) in [6.07, 6.45) is -2.64. The monoisotopic (exact) mass is 506 g/mol. The second-order valence-corrected chi connectivity index (χ2v) is 9.21. The van der Waals surface area contributed by atoms with Gasteiger partial charge in [0, 0.05) is 47.9 Å². The Bertz CT molecular complexity index is 1240. The first-order valence-corrected chi connectivity index (χ1v) is 11.9. The number of carbonyl (C=O) groups is 1. The van der Waals surface area contributed by atoms with Crippen LogP contribution in [0.15, 0.2) is 36.5 Å². The maximum Gasteiger partial charge on any atom is 0.573 e. The molecule has 1 aromatic carbocycles. The lowest BCUT2D eigenvalue weighted by Crippen LogP contribution is -2.44. The summed E-state index contributed by atoms with van der Waals surface area (Å²) in [6, 6.07) is 6.59. The van der Waals surface area contributed by atoms with E-state index in [2.05, 4.69) is 20.0 Å². The van der Waals surface area contributed by atoms with Crippen molar-refractivity contribution in [3.63, 3.8) is 0 Å². The summed E-state index contributed by atoms with van der Waals surface area (Å²) >= 11 is 0. The van der Waals surface area contributed by atoms with Crippen LogP contribution < -0.4 is 10.1 Å². The number of alkyl halides is 3. The van der Waals surface area contributed by atoms with Gasteiger partial charge >= 0.3 is 6.36 Å². The number of piperidine rings is 1. The highest BCUT2D eigenvalue weighted by atomic mass is 19.4. The van der Waals surface area contributed by atoms with Crippen molar-refractivity contribution in [2.45, 2.75) is 44.2 Å². The summed E-state index contributed by atoms with van der Waals surface area (Å²) in [5, 5.41) is 4.00. The molecule has 36 heavy (non-hydrogen) atoms. The van der Waals surface area contributed by atoms with Gasteiger partial charge in [0.25, 0.3) is 5.91 Å². The average molecular weight is 507 g/mol. The quantitative estimate of drug-likeness (QED) is 0.503. The van der Waals surface area contributed by atoms with E-state index in [4.69, 9.17) is 4.74 Å². The molecule has 4 heterocycles. The van der Waals surface area contributed by atoms with Crippen LogP contribution in [0, 0.1) is 5.82 Å². The third-order valence-corrected chi connectivity index (χ3v) is 6.83. The van der Waals surface area contributed by atoms with E-state index in [0.717, 1.165) is 29.8 Å². The number of aromatic nitrogens is 2. The maximum atomic E-state index is 15.1. The van der Waals surface area contributed by atoms with Crippen LogP contribution in [0.5, 0.6) is 5.75 Å². The third kappa shape index (κ3) is 5.03. The molecule has 3 unspecified atom stereocenters. The summed E-state index contributed by atoms with van der Waals surface area (Å²) in [4.78, 5) is 22.2. The zero-order valence-electron chi connectivity index (χ0n) is 19.6. The molecule has 192 valence electrons. The zero-order chi connectivity index (χ0) is 25.4. The van der Waals surface area contributed by atoms with E-state index >= 15 is 4.39 Å². The van der Waals surface area contributed by atoms with E-state index in [0.29, 0.717) is 43.7 Å². The number of amides is 1. The molecule has 2 aliphatic heterocycles. The standard InChI is InChI=1S/C25H26F4N4O3/c1-14-10-16(6-8-33(14)24(34)15-2-4-17(5-3-15)36-25(27,28)29)22-18-11-20(21-13-30-7-9-35-21)32-23(18)31-12-19(22)26/h2-5,11-12,14,16,21,30H,6-10,13H2,1H3,(H,31,32). The lowest BCUT2D eigenvalue weighted by atomic mass is 9.84. The number of hydrogen-bond donors (Lipinski definition) is 2. The van der Waals surface area contributed by atoms with Crippen LogP contribution in [0.1, 0.15) is 53.4 Å². The number of rotatable bonds is 4. The molecule has 0 bridgehead atoms. The molecule has 0 saturated carbocycles. The average Bonchev–Trinajstić information content (AvgIpc) is 3.28. The number of benzene rings is 1. The molecule has 0 aliphatic carbocycles.